The number of aryl methyl sites for hydroxylation is 1. The molecule has 0 fully saturated rings. The summed E-state index contributed by atoms with van der Waals surface area (Å²) in [6.07, 6.45) is 0. The Balaban J connectivity index is 2.19. The van der Waals surface area contributed by atoms with Crippen molar-refractivity contribution in [2.24, 2.45) is 0 Å². The third-order valence-electron chi connectivity index (χ3n) is 2.58. The van der Waals surface area contributed by atoms with Gasteiger partial charge in [0.05, 0.1) is 4.92 Å². The molecular formula is C13H12ClN3O2. The lowest BCUT2D eigenvalue weighted by Gasteiger charge is -2.07. The fraction of sp³-hybridized carbons (Fsp3) is 0.154. The Labute approximate surface area is 115 Å². The van der Waals surface area contributed by atoms with Crippen LogP contribution in [0.3, 0.4) is 0 Å². The van der Waals surface area contributed by atoms with Crippen LogP contribution in [0.2, 0.25) is 5.15 Å². The van der Waals surface area contributed by atoms with E-state index < -0.39 is 4.92 Å². The molecule has 0 aliphatic heterocycles. The van der Waals surface area contributed by atoms with Crippen LogP contribution in [0, 0.1) is 17.0 Å². The summed E-state index contributed by atoms with van der Waals surface area (Å²) in [7, 11) is 0. The molecule has 0 saturated carbocycles. The van der Waals surface area contributed by atoms with Crippen LogP contribution in [-0.2, 0) is 6.54 Å². The van der Waals surface area contributed by atoms with Gasteiger partial charge in [-0.2, -0.15) is 0 Å². The van der Waals surface area contributed by atoms with Gasteiger partial charge in [-0.05, 0) is 18.6 Å². The van der Waals surface area contributed by atoms with Crippen LogP contribution < -0.4 is 5.32 Å². The monoisotopic (exact) mass is 277 g/mol. The summed E-state index contributed by atoms with van der Waals surface area (Å²) in [5.41, 5.74) is 2.07. The molecule has 0 amide bonds. The number of benzene rings is 1. The van der Waals surface area contributed by atoms with E-state index in [-0.39, 0.29) is 16.7 Å². The van der Waals surface area contributed by atoms with Crippen LogP contribution >= 0.6 is 11.6 Å². The Kier molecular flexibility index (Phi) is 3.97. The van der Waals surface area contributed by atoms with E-state index in [1.54, 1.807) is 0 Å². The number of nitro groups is 1. The summed E-state index contributed by atoms with van der Waals surface area (Å²) in [6, 6.07) is 10.6. The maximum atomic E-state index is 10.9. The quantitative estimate of drug-likeness (QED) is 0.527. The topological polar surface area (TPSA) is 68.1 Å². The predicted molar refractivity (Wildman–Crippen MR) is 74.4 cm³/mol. The van der Waals surface area contributed by atoms with E-state index in [9.17, 15) is 10.1 Å². The standard InChI is InChI=1S/C13H12ClN3O2/c1-9-3-2-4-10(7-9)8-15-13-11(17(18)19)5-6-12(14)16-13/h2-7H,8H2,1H3,(H,15,16). The maximum Gasteiger partial charge on any atom is 0.311 e. The SMILES string of the molecule is Cc1cccc(CNc2nc(Cl)ccc2[N+](=O)[O-])c1. The molecule has 1 aromatic carbocycles. The summed E-state index contributed by atoms with van der Waals surface area (Å²) in [6.45, 7) is 2.44. The first-order valence-corrected chi connectivity index (χ1v) is 6.04. The number of hydrogen-bond acceptors (Lipinski definition) is 4. The summed E-state index contributed by atoms with van der Waals surface area (Å²) in [4.78, 5) is 14.3. The van der Waals surface area contributed by atoms with Gasteiger partial charge in [-0.15, -0.1) is 0 Å². The highest BCUT2D eigenvalue weighted by atomic mass is 35.5. The first-order valence-electron chi connectivity index (χ1n) is 5.66. The van der Waals surface area contributed by atoms with E-state index in [1.807, 2.05) is 31.2 Å². The van der Waals surface area contributed by atoms with Crippen LogP contribution in [0.25, 0.3) is 0 Å². The number of nitrogens with one attached hydrogen (secondary N) is 1. The molecule has 1 aromatic heterocycles. The molecule has 6 heteroatoms. The van der Waals surface area contributed by atoms with E-state index in [0.717, 1.165) is 11.1 Å². The van der Waals surface area contributed by atoms with Gasteiger partial charge in [0.2, 0.25) is 5.82 Å². The maximum absolute atomic E-state index is 10.9. The van der Waals surface area contributed by atoms with Gasteiger partial charge in [0.15, 0.2) is 0 Å². The van der Waals surface area contributed by atoms with Crippen LogP contribution in [0.4, 0.5) is 11.5 Å². The first-order chi connectivity index (χ1) is 9.06. The number of halogens is 1. The zero-order chi connectivity index (χ0) is 13.8. The molecule has 5 nitrogen and oxygen atoms in total. The number of pyridine rings is 1. The van der Waals surface area contributed by atoms with E-state index in [0.29, 0.717) is 6.54 Å². The number of hydrogen-bond donors (Lipinski definition) is 1. The Bertz CT molecular complexity index is 617. The molecule has 0 bridgehead atoms. The highest BCUT2D eigenvalue weighted by Gasteiger charge is 2.15. The highest BCUT2D eigenvalue weighted by molar-refractivity contribution is 6.29. The van der Waals surface area contributed by atoms with Gasteiger partial charge in [0, 0.05) is 12.6 Å². The van der Waals surface area contributed by atoms with Gasteiger partial charge < -0.3 is 5.32 Å². The first kappa shape index (κ1) is 13.3. The smallest absolute Gasteiger partial charge is 0.311 e. The second kappa shape index (κ2) is 5.67. The zero-order valence-electron chi connectivity index (χ0n) is 10.3. The molecule has 0 radical (unpaired) electrons. The Hall–Kier alpha value is -2.14. The molecule has 0 aliphatic rings. The molecule has 19 heavy (non-hydrogen) atoms. The zero-order valence-corrected chi connectivity index (χ0v) is 11.0. The van der Waals surface area contributed by atoms with Gasteiger partial charge in [-0.3, -0.25) is 10.1 Å². The molecule has 0 spiro atoms. The lowest BCUT2D eigenvalue weighted by molar-refractivity contribution is -0.384. The van der Waals surface area contributed by atoms with Crippen LogP contribution in [-0.4, -0.2) is 9.91 Å². The molecule has 2 aromatic rings. The predicted octanol–water partition coefficient (Wildman–Crippen LogP) is 3.56. The summed E-state index contributed by atoms with van der Waals surface area (Å²) >= 11 is 5.75. The highest BCUT2D eigenvalue weighted by Crippen LogP contribution is 2.24. The molecule has 0 unspecified atom stereocenters. The molecule has 0 atom stereocenters. The van der Waals surface area contributed by atoms with Crippen molar-refractivity contribution in [3.8, 4) is 0 Å². The molecule has 1 heterocycles. The fourth-order valence-corrected chi connectivity index (χ4v) is 1.86. The lowest BCUT2D eigenvalue weighted by Crippen LogP contribution is -2.05. The minimum absolute atomic E-state index is 0.0861. The number of aromatic nitrogens is 1. The normalized spacial score (nSPS) is 10.2. The van der Waals surface area contributed by atoms with Gasteiger partial charge in [0.25, 0.3) is 0 Å². The molecular weight excluding hydrogens is 266 g/mol. The third-order valence-corrected chi connectivity index (χ3v) is 2.79. The number of nitrogens with zero attached hydrogens (tertiary/aromatic N) is 2. The van der Waals surface area contributed by atoms with Gasteiger partial charge >= 0.3 is 5.69 Å². The second-order valence-corrected chi connectivity index (χ2v) is 4.49. The number of rotatable bonds is 4. The van der Waals surface area contributed by atoms with E-state index in [4.69, 9.17) is 11.6 Å². The Morgan fingerprint density at radius 1 is 1.37 bits per heavy atom. The largest absolute Gasteiger partial charge is 0.360 e. The van der Waals surface area contributed by atoms with E-state index in [2.05, 4.69) is 10.3 Å². The van der Waals surface area contributed by atoms with Crippen molar-refractivity contribution < 1.29 is 4.92 Å². The van der Waals surface area contributed by atoms with Crippen LogP contribution in [0.5, 0.6) is 0 Å². The van der Waals surface area contributed by atoms with Crippen molar-refractivity contribution in [3.05, 3.63) is 62.8 Å². The van der Waals surface area contributed by atoms with Crippen molar-refractivity contribution in [2.75, 3.05) is 5.32 Å². The average Bonchev–Trinajstić information content (AvgIpc) is 2.36. The van der Waals surface area contributed by atoms with Gasteiger partial charge in [-0.25, -0.2) is 4.98 Å². The van der Waals surface area contributed by atoms with Crippen LogP contribution in [0.15, 0.2) is 36.4 Å². The van der Waals surface area contributed by atoms with Crippen LogP contribution in [0.1, 0.15) is 11.1 Å². The molecule has 1 N–H and O–H groups in total. The summed E-state index contributed by atoms with van der Waals surface area (Å²) in [5.74, 6) is 0.180. The van der Waals surface area contributed by atoms with Crippen molar-refractivity contribution in [3.63, 3.8) is 0 Å². The van der Waals surface area contributed by atoms with Gasteiger partial charge in [0.1, 0.15) is 5.15 Å². The van der Waals surface area contributed by atoms with E-state index >= 15 is 0 Å². The average molecular weight is 278 g/mol. The van der Waals surface area contributed by atoms with Crippen molar-refractivity contribution >= 4 is 23.1 Å². The third kappa shape index (κ3) is 3.42. The van der Waals surface area contributed by atoms with E-state index in [1.165, 1.54) is 12.1 Å². The van der Waals surface area contributed by atoms with Crippen molar-refractivity contribution in [2.45, 2.75) is 13.5 Å². The van der Waals surface area contributed by atoms with Crippen molar-refractivity contribution in [1.82, 2.24) is 4.98 Å². The fourth-order valence-electron chi connectivity index (χ4n) is 1.71. The summed E-state index contributed by atoms with van der Waals surface area (Å²) in [5, 5.41) is 14.0. The van der Waals surface area contributed by atoms with Crippen molar-refractivity contribution in [1.29, 1.82) is 0 Å². The minimum atomic E-state index is -0.484. The summed E-state index contributed by atoms with van der Waals surface area (Å²) < 4.78 is 0. The molecule has 98 valence electrons. The molecule has 0 aliphatic carbocycles. The molecule has 2 rings (SSSR count). The Morgan fingerprint density at radius 3 is 2.84 bits per heavy atom. The second-order valence-electron chi connectivity index (χ2n) is 4.10. The number of anilines is 1. The lowest BCUT2D eigenvalue weighted by atomic mass is 10.1. The Morgan fingerprint density at radius 2 is 2.16 bits per heavy atom. The van der Waals surface area contributed by atoms with Gasteiger partial charge in [-0.1, -0.05) is 41.4 Å². The molecule has 0 saturated heterocycles. The minimum Gasteiger partial charge on any atom is -0.360 e.